The molecule has 0 atom stereocenters. The zero-order chi connectivity index (χ0) is 13.1. The Morgan fingerprint density at radius 1 is 1.24 bits per heavy atom. The highest BCUT2D eigenvalue weighted by atomic mass is 32.2. The predicted molar refractivity (Wildman–Crippen MR) is 67.2 cm³/mol. The summed E-state index contributed by atoms with van der Waals surface area (Å²) in [6.45, 7) is 4.04. The quantitative estimate of drug-likeness (QED) is 0.867. The van der Waals surface area contributed by atoms with Crippen LogP contribution in [-0.2, 0) is 23.1 Å². The molecule has 0 heterocycles. The van der Waals surface area contributed by atoms with E-state index in [0.717, 1.165) is 12.0 Å². The first-order valence-corrected chi connectivity index (χ1v) is 7.10. The first kappa shape index (κ1) is 14.2. The van der Waals surface area contributed by atoms with Gasteiger partial charge in [0.2, 0.25) is 10.0 Å². The van der Waals surface area contributed by atoms with Gasteiger partial charge in [0, 0.05) is 13.6 Å². The molecule has 0 radical (unpaired) electrons. The largest absolute Gasteiger partial charge is 0.392 e. The fourth-order valence-corrected chi connectivity index (χ4v) is 2.84. The number of aryl methyl sites for hydroxylation is 1. The maximum Gasteiger partial charge on any atom is 0.242 e. The van der Waals surface area contributed by atoms with E-state index in [0.29, 0.717) is 12.1 Å². The molecule has 4 nitrogen and oxygen atoms in total. The molecular weight excluding hydrogens is 238 g/mol. The average molecular weight is 257 g/mol. The fraction of sp³-hybridized carbons (Fsp3) is 0.500. The van der Waals surface area contributed by atoms with Crippen molar-refractivity contribution in [3.05, 3.63) is 29.3 Å². The molecule has 1 N–H and O–H groups in total. The molecule has 0 aromatic heterocycles. The van der Waals surface area contributed by atoms with Gasteiger partial charge in [0.25, 0.3) is 0 Å². The van der Waals surface area contributed by atoms with E-state index in [1.54, 1.807) is 32.2 Å². The normalized spacial score (nSPS) is 12.1. The number of aliphatic hydroxyl groups is 1. The second-order valence-corrected chi connectivity index (χ2v) is 5.91. The molecule has 0 spiro atoms. The maximum atomic E-state index is 12.1. The number of nitrogens with zero attached hydrogens (tertiary/aromatic N) is 1. The Balaban J connectivity index is 3.25. The summed E-state index contributed by atoms with van der Waals surface area (Å²) >= 11 is 0. The van der Waals surface area contributed by atoms with Crippen molar-refractivity contribution in [2.24, 2.45) is 0 Å². The zero-order valence-electron chi connectivity index (χ0n) is 10.5. The summed E-state index contributed by atoms with van der Waals surface area (Å²) in [6, 6.07) is 4.92. The summed E-state index contributed by atoms with van der Waals surface area (Å²) in [6.07, 6.45) is 0.778. The van der Waals surface area contributed by atoms with E-state index in [-0.39, 0.29) is 11.5 Å². The Hall–Kier alpha value is -0.910. The van der Waals surface area contributed by atoms with Crippen molar-refractivity contribution in [2.45, 2.75) is 31.8 Å². The molecule has 0 aliphatic heterocycles. The number of hydrogen-bond donors (Lipinski definition) is 1. The molecular formula is C12H19NO3S. The Morgan fingerprint density at radius 2 is 1.88 bits per heavy atom. The highest BCUT2D eigenvalue weighted by Gasteiger charge is 2.19. The molecule has 0 unspecified atom stereocenters. The third-order valence-electron chi connectivity index (χ3n) is 2.88. The van der Waals surface area contributed by atoms with Crippen LogP contribution in [0.1, 0.15) is 25.0 Å². The van der Waals surface area contributed by atoms with Crippen molar-refractivity contribution in [2.75, 3.05) is 13.6 Å². The van der Waals surface area contributed by atoms with Gasteiger partial charge in [-0.15, -0.1) is 0 Å². The summed E-state index contributed by atoms with van der Waals surface area (Å²) in [7, 11) is -1.88. The minimum absolute atomic E-state index is 0.137. The van der Waals surface area contributed by atoms with Crippen LogP contribution in [-0.4, -0.2) is 31.4 Å². The smallest absolute Gasteiger partial charge is 0.242 e. The van der Waals surface area contributed by atoms with Crippen LogP contribution in [0.25, 0.3) is 0 Å². The highest BCUT2D eigenvalue weighted by molar-refractivity contribution is 7.89. The average Bonchev–Trinajstić information content (AvgIpc) is 2.36. The van der Waals surface area contributed by atoms with Gasteiger partial charge in [-0.1, -0.05) is 19.9 Å². The molecule has 0 bridgehead atoms. The molecule has 0 aliphatic rings. The molecule has 0 aliphatic carbocycles. The van der Waals surface area contributed by atoms with Gasteiger partial charge in [-0.3, -0.25) is 0 Å². The number of aliphatic hydroxyl groups excluding tert-OH is 1. The molecule has 5 heteroatoms. The monoisotopic (exact) mass is 257 g/mol. The Labute approximate surface area is 103 Å². The van der Waals surface area contributed by atoms with Gasteiger partial charge in [-0.05, 0) is 29.7 Å². The number of hydrogen-bond acceptors (Lipinski definition) is 3. The number of benzene rings is 1. The number of sulfonamides is 1. The van der Waals surface area contributed by atoms with Crippen molar-refractivity contribution in [1.82, 2.24) is 4.31 Å². The SMILES string of the molecule is CCc1ccc(S(=O)(=O)N(C)CC)cc1CO. The van der Waals surface area contributed by atoms with Crippen LogP contribution < -0.4 is 0 Å². The van der Waals surface area contributed by atoms with Crippen molar-refractivity contribution in [3.63, 3.8) is 0 Å². The standard InChI is InChI=1S/C12H19NO3S/c1-4-10-6-7-12(8-11(10)9-14)17(15,16)13(3)5-2/h6-8,14H,4-5,9H2,1-3H3. The molecule has 0 amide bonds. The summed E-state index contributed by atoms with van der Waals surface area (Å²) < 4.78 is 25.4. The van der Waals surface area contributed by atoms with E-state index in [4.69, 9.17) is 0 Å². The minimum atomic E-state index is -3.42. The van der Waals surface area contributed by atoms with E-state index in [9.17, 15) is 13.5 Å². The lowest BCUT2D eigenvalue weighted by Gasteiger charge is -2.16. The second-order valence-electron chi connectivity index (χ2n) is 3.86. The lowest BCUT2D eigenvalue weighted by Crippen LogP contribution is -2.26. The molecule has 1 rings (SSSR count). The molecule has 0 fully saturated rings. The van der Waals surface area contributed by atoms with Crippen molar-refractivity contribution < 1.29 is 13.5 Å². The van der Waals surface area contributed by atoms with Crippen LogP contribution >= 0.6 is 0 Å². The third kappa shape index (κ3) is 2.86. The Morgan fingerprint density at radius 3 is 2.35 bits per heavy atom. The molecule has 1 aromatic carbocycles. The minimum Gasteiger partial charge on any atom is -0.392 e. The van der Waals surface area contributed by atoms with Gasteiger partial charge in [-0.2, -0.15) is 0 Å². The van der Waals surface area contributed by atoms with E-state index < -0.39 is 10.0 Å². The van der Waals surface area contributed by atoms with Crippen LogP contribution in [0.3, 0.4) is 0 Å². The van der Waals surface area contributed by atoms with Gasteiger partial charge in [-0.25, -0.2) is 12.7 Å². The van der Waals surface area contributed by atoms with Crippen molar-refractivity contribution >= 4 is 10.0 Å². The van der Waals surface area contributed by atoms with Crippen molar-refractivity contribution in [3.8, 4) is 0 Å². The van der Waals surface area contributed by atoms with Crippen LogP contribution in [0, 0.1) is 0 Å². The lowest BCUT2D eigenvalue weighted by molar-refractivity contribution is 0.280. The van der Waals surface area contributed by atoms with Gasteiger partial charge in [0.05, 0.1) is 11.5 Å². The molecule has 96 valence electrons. The summed E-state index contributed by atoms with van der Waals surface area (Å²) in [5.74, 6) is 0. The zero-order valence-corrected chi connectivity index (χ0v) is 11.3. The predicted octanol–water partition coefficient (Wildman–Crippen LogP) is 1.38. The van der Waals surface area contributed by atoms with Crippen LogP contribution in [0.5, 0.6) is 0 Å². The van der Waals surface area contributed by atoms with Crippen molar-refractivity contribution in [1.29, 1.82) is 0 Å². The summed E-state index contributed by atoms with van der Waals surface area (Å²) in [5, 5.41) is 9.23. The maximum absolute atomic E-state index is 12.1. The van der Waals surface area contributed by atoms with E-state index in [1.807, 2.05) is 6.92 Å². The first-order valence-electron chi connectivity index (χ1n) is 5.66. The van der Waals surface area contributed by atoms with Gasteiger partial charge in [0.15, 0.2) is 0 Å². The van der Waals surface area contributed by atoms with Gasteiger partial charge in [0.1, 0.15) is 0 Å². The Bertz CT molecular complexity index is 483. The third-order valence-corrected chi connectivity index (χ3v) is 4.81. The fourth-order valence-electron chi connectivity index (χ4n) is 1.60. The highest BCUT2D eigenvalue weighted by Crippen LogP contribution is 2.19. The summed E-state index contributed by atoms with van der Waals surface area (Å²) in [4.78, 5) is 0.239. The molecule has 17 heavy (non-hydrogen) atoms. The number of rotatable bonds is 5. The van der Waals surface area contributed by atoms with Gasteiger partial charge < -0.3 is 5.11 Å². The topological polar surface area (TPSA) is 57.6 Å². The molecule has 0 saturated carbocycles. The second kappa shape index (κ2) is 5.62. The van der Waals surface area contributed by atoms with Crippen LogP contribution in [0.15, 0.2) is 23.1 Å². The summed E-state index contributed by atoms with van der Waals surface area (Å²) in [5.41, 5.74) is 1.66. The Kier molecular flexibility index (Phi) is 4.68. The van der Waals surface area contributed by atoms with E-state index >= 15 is 0 Å². The van der Waals surface area contributed by atoms with E-state index in [2.05, 4.69) is 0 Å². The lowest BCUT2D eigenvalue weighted by atomic mass is 10.1. The van der Waals surface area contributed by atoms with Crippen LogP contribution in [0.2, 0.25) is 0 Å². The van der Waals surface area contributed by atoms with E-state index in [1.165, 1.54) is 4.31 Å². The first-order chi connectivity index (χ1) is 7.97. The van der Waals surface area contributed by atoms with Crippen LogP contribution in [0.4, 0.5) is 0 Å². The molecule has 0 saturated heterocycles. The molecule has 1 aromatic rings. The van der Waals surface area contributed by atoms with Gasteiger partial charge >= 0.3 is 0 Å².